The fourth-order valence-electron chi connectivity index (χ4n) is 1.79. The molecule has 104 valence electrons. The number of aldehydes is 1. The third-order valence-corrected chi connectivity index (χ3v) is 3.29. The molecule has 0 N–H and O–H groups in total. The highest BCUT2D eigenvalue weighted by molar-refractivity contribution is 6.31. The number of ether oxygens (including phenoxy) is 2. The normalized spacial score (nSPS) is 10.2. The predicted molar refractivity (Wildman–Crippen MR) is 78.9 cm³/mol. The van der Waals surface area contributed by atoms with Gasteiger partial charge in [-0.3, -0.25) is 4.79 Å². The van der Waals surface area contributed by atoms with Gasteiger partial charge in [0.05, 0.1) is 12.7 Å². The number of aryl methyl sites for hydroxylation is 1. The van der Waals surface area contributed by atoms with Crippen LogP contribution in [-0.2, 0) is 6.61 Å². The third kappa shape index (κ3) is 3.31. The zero-order valence-corrected chi connectivity index (χ0v) is 12.1. The van der Waals surface area contributed by atoms with Crippen LogP contribution in [0, 0.1) is 6.92 Å². The molecule has 0 unspecified atom stereocenters. The number of carbonyl (C=O) groups excluding carboxylic acids is 1. The minimum absolute atomic E-state index is 0.299. The summed E-state index contributed by atoms with van der Waals surface area (Å²) in [4.78, 5) is 11.0. The Bertz CT molecular complexity index is 623. The van der Waals surface area contributed by atoms with Gasteiger partial charge in [0.25, 0.3) is 0 Å². The molecule has 4 heteroatoms. The van der Waals surface area contributed by atoms with Crippen LogP contribution in [0.15, 0.2) is 36.4 Å². The van der Waals surface area contributed by atoms with Crippen LogP contribution in [0.25, 0.3) is 0 Å². The Morgan fingerprint density at radius 3 is 2.65 bits per heavy atom. The molecular weight excluding hydrogens is 276 g/mol. The average Bonchev–Trinajstić information content (AvgIpc) is 2.46. The van der Waals surface area contributed by atoms with Gasteiger partial charge in [0.15, 0.2) is 6.29 Å². The van der Waals surface area contributed by atoms with E-state index in [0.717, 1.165) is 17.4 Å². The molecule has 2 aromatic carbocycles. The summed E-state index contributed by atoms with van der Waals surface area (Å²) in [6, 6.07) is 10.8. The highest BCUT2D eigenvalue weighted by atomic mass is 35.5. The summed E-state index contributed by atoms with van der Waals surface area (Å²) in [5.41, 5.74) is 2.44. The van der Waals surface area contributed by atoms with Crippen molar-refractivity contribution in [1.82, 2.24) is 0 Å². The molecule has 0 saturated carbocycles. The number of halogens is 1. The molecule has 0 aromatic heterocycles. The maximum atomic E-state index is 11.0. The first-order valence-electron chi connectivity index (χ1n) is 6.15. The highest BCUT2D eigenvalue weighted by Gasteiger charge is 2.07. The zero-order chi connectivity index (χ0) is 14.5. The Labute approximate surface area is 123 Å². The largest absolute Gasteiger partial charge is 0.497 e. The molecular formula is C16H15ClO3. The van der Waals surface area contributed by atoms with Crippen LogP contribution in [0.3, 0.4) is 0 Å². The minimum atomic E-state index is 0.299. The number of methoxy groups -OCH3 is 1. The van der Waals surface area contributed by atoms with Crippen LogP contribution in [0.2, 0.25) is 5.02 Å². The van der Waals surface area contributed by atoms with Crippen LogP contribution in [0.5, 0.6) is 11.5 Å². The van der Waals surface area contributed by atoms with E-state index in [2.05, 4.69) is 0 Å². The Balaban J connectivity index is 2.19. The predicted octanol–water partition coefficient (Wildman–Crippen LogP) is 4.05. The second-order valence-corrected chi connectivity index (χ2v) is 4.81. The molecule has 0 spiro atoms. The fraction of sp³-hybridized carbons (Fsp3) is 0.188. The number of benzene rings is 2. The number of carbonyl (C=O) groups is 1. The van der Waals surface area contributed by atoms with E-state index >= 15 is 0 Å². The van der Waals surface area contributed by atoms with E-state index in [1.165, 1.54) is 0 Å². The van der Waals surface area contributed by atoms with Crippen molar-refractivity contribution in [3.8, 4) is 11.5 Å². The number of hydrogen-bond acceptors (Lipinski definition) is 3. The van der Waals surface area contributed by atoms with Gasteiger partial charge in [-0.05, 0) is 30.7 Å². The summed E-state index contributed by atoms with van der Waals surface area (Å²) in [7, 11) is 1.57. The van der Waals surface area contributed by atoms with Crippen molar-refractivity contribution in [1.29, 1.82) is 0 Å². The summed E-state index contributed by atoms with van der Waals surface area (Å²) < 4.78 is 10.8. The van der Waals surface area contributed by atoms with Crippen molar-refractivity contribution in [2.45, 2.75) is 13.5 Å². The molecule has 20 heavy (non-hydrogen) atoms. The lowest BCUT2D eigenvalue weighted by Crippen LogP contribution is -1.99. The van der Waals surface area contributed by atoms with Gasteiger partial charge in [-0.2, -0.15) is 0 Å². The first kappa shape index (κ1) is 14.4. The van der Waals surface area contributed by atoms with Gasteiger partial charge in [-0.25, -0.2) is 0 Å². The van der Waals surface area contributed by atoms with E-state index in [9.17, 15) is 4.79 Å². The fourth-order valence-corrected chi connectivity index (χ4v) is 2.08. The smallest absolute Gasteiger partial charge is 0.153 e. The van der Waals surface area contributed by atoms with E-state index in [1.54, 1.807) is 25.3 Å². The lowest BCUT2D eigenvalue weighted by atomic mass is 10.1. The summed E-state index contributed by atoms with van der Waals surface area (Å²) in [6.45, 7) is 2.27. The minimum Gasteiger partial charge on any atom is -0.497 e. The molecule has 0 fully saturated rings. The van der Waals surface area contributed by atoms with Crippen molar-refractivity contribution in [2.24, 2.45) is 0 Å². The molecule has 2 aromatic rings. The maximum Gasteiger partial charge on any atom is 0.153 e. The lowest BCUT2D eigenvalue weighted by Gasteiger charge is -2.11. The molecule has 0 atom stereocenters. The quantitative estimate of drug-likeness (QED) is 0.779. The van der Waals surface area contributed by atoms with Gasteiger partial charge in [0.2, 0.25) is 0 Å². The Kier molecular flexibility index (Phi) is 4.64. The summed E-state index contributed by atoms with van der Waals surface area (Å²) >= 11 is 6.15. The Hall–Kier alpha value is -2.00. The van der Waals surface area contributed by atoms with Crippen molar-refractivity contribution in [2.75, 3.05) is 7.11 Å². The standard InChI is InChI=1S/C16H15ClO3/c1-11-3-4-13(15(17)7-11)10-20-16-8-14(19-2)6-5-12(16)9-18/h3-9H,10H2,1-2H3. The van der Waals surface area contributed by atoms with E-state index in [4.69, 9.17) is 21.1 Å². The van der Waals surface area contributed by atoms with E-state index in [1.807, 2.05) is 25.1 Å². The molecule has 0 radical (unpaired) electrons. The van der Waals surface area contributed by atoms with Crippen LogP contribution in [-0.4, -0.2) is 13.4 Å². The second-order valence-electron chi connectivity index (χ2n) is 4.41. The third-order valence-electron chi connectivity index (χ3n) is 2.94. The van der Waals surface area contributed by atoms with Crippen LogP contribution >= 0.6 is 11.6 Å². The Morgan fingerprint density at radius 1 is 1.20 bits per heavy atom. The molecule has 2 rings (SSSR count). The summed E-state index contributed by atoms with van der Waals surface area (Å²) in [5.74, 6) is 1.12. The van der Waals surface area contributed by atoms with Gasteiger partial charge in [0.1, 0.15) is 18.1 Å². The van der Waals surface area contributed by atoms with E-state index < -0.39 is 0 Å². The molecule has 0 amide bonds. The van der Waals surface area contributed by atoms with Crippen LogP contribution in [0.4, 0.5) is 0 Å². The Morgan fingerprint density at radius 2 is 2.00 bits per heavy atom. The molecule has 0 heterocycles. The molecule has 0 bridgehead atoms. The van der Waals surface area contributed by atoms with Crippen molar-refractivity contribution in [3.63, 3.8) is 0 Å². The molecule has 0 aliphatic heterocycles. The van der Waals surface area contributed by atoms with Gasteiger partial charge in [-0.1, -0.05) is 23.7 Å². The topological polar surface area (TPSA) is 35.5 Å². The molecule has 0 saturated heterocycles. The van der Waals surface area contributed by atoms with Crippen LogP contribution < -0.4 is 9.47 Å². The lowest BCUT2D eigenvalue weighted by molar-refractivity contribution is 0.111. The number of rotatable bonds is 5. The maximum absolute atomic E-state index is 11.0. The van der Waals surface area contributed by atoms with Crippen molar-refractivity contribution >= 4 is 17.9 Å². The highest BCUT2D eigenvalue weighted by Crippen LogP contribution is 2.26. The first-order chi connectivity index (χ1) is 9.63. The van der Waals surface area contributed by atoms with E-state index in [0.29, 0.717) is 28.7 Å². The zero-order valence-electron chi connectivity index (χ0n) is 11.4. The molecule has 0 aliphatic rings. The second kappa shape index (κ2) is 6.44. The summed E-state index contributed by atoms with van der Waals surface area (Å²) in [5, 5.41) is 0.653. The molecule has 0 aliphatic carbocycles. The van der Waals surface area contributed by atoms with Gasteiger partial charge >= 0.3 is 0 Å². The van der Waals surface area contributed by atoms with Crippen molar-refractivity contribution < 1.29 is 14.3 Å². The number of hydrogen-bond donors (Lipinski definition) is 0. The van der Waals surface area contributed by atoms with Gasteiger partial charge in [-0.15, -0.1) is 0 Å². The van der Waals surface area contributed by atoms with Crippen molar-refractivity contribution in [3.05, 3.63) is 58.1 Å². The van der Waals surface area contributed by atoms with Gasteiger partial charge < -0.3 is 9.47 Å². The monoisotopic (exact) mass is 290 g/mol. The first-order valence-corrected chi connectivity index (χ1v) is 6.53. The van der Waals surface area contributed by atoms with E-state index in [-0.39, 0.29) is 0 Å². The van der Waals surface area contributed by atoms with Gasteiger partial charge in [0, 0.05) is 16.7 Å². The summed E-state index contributed by atoms with van der Waals surface area (Å²) in [6.07, 6.45) is 0.755. The molecule has 3 nitrogen and oxygen atoms in total. The average molecular weight is 291 g/mol. The SMILES string of the molecule is COc1ccc(C=O)c(OCc2ccc(C)cc2Cl)c1. The van der Waals surface area contributed by atoms with Crippen LogP contribution in [0.1, 0.15) is 21.5 Å².